The van der Waals surface area contributed by atoms with Crippen LogP contribution in [-0.2, 0) is 15.6 Å². The summed E-state index contributed by atoms with van der Waals surface area (Å²) in [5, 5.41) is 13.9. The first kappa shape index (κ1) is 21.1. The molecule has 0 aromatic heterocycles. The summed E-state index contributed by atoms with van der Waals surface area (Å²) in [7, 11) is 0. The molecule has 0 radical (unpaired) electrons. The number of aromatic hydroxyl groups is 1. The average molecular weight is 507 g/mol. The van der Waals surface area contributed by atoms with Gasteiger partial charge in [0.15, 0.2) is 0 Å². The van der Waals surface area contributed by atoms with Crippen molar-refractivity contribution in [2.75, 3.05) is 5.32 Å². The third kappa shape index (κ3) is 3.92. The first-order chi connectivity index (χ1) is 12.8. The van der Waals surface area contributed by atoms with E-state index in [0.717, 1.165) is 31.3 Å². The standard InChI is InChI=1S/C23H25Br2NO2/c1-22(2,3)13-7-12(20(27)17(9-13)23(4,5)6)8-16-15-10-14(24)11-18(25)19(15)26-21(16)28/h7-11,27H,1-6H3,(H,26,28). The first-order valence-electron chi connectivity index (χ1n) is 9.19. The van der Waals surface area contributed by atoms with E-state index in [-0.39, 0.29) is 22.5 Å². The lowest BCUT2D eigenvalue weighted by atomic mass is 9.78. The topological polar surface area (TPSA) is 49.3 Å². The third-order valence-electron chi connectivity index (χ3n) is 4.94. The van der Waals surface area contributed by atoms with Crippen LogP contribution in [0.2, 0.25) is 0 Å². The molecule has 1 aliphatic rings. The normalized spacial score (nSPS) is 15.7. The van der Waals surface area contributed by atoms with Crippen molar-refractivity contribution in [2.24, 2.45) is 0 Å². The Labute approximate surface area is 183 Å². The van der Waals surface area contributed by atoms with E-state index in [4.69, 9.17) is 0 Å². The maximum atomic E-state index is 12.7. The molecule has 1 amide bonds. The average Bonchev–Trinajstić information content (AvgIpc) is 2.83. The molecule has 1 aliphatic heterocycles. The largest absolute Gasteiger partial charge is 0.507 e. The Hall–Kier alpha value is -1.59. The van der Waals surface area contributed by atoms with E-state index in [0.29, 0.717) is 11.1 Å². The molecule has 2 N–H and O–H groups in total. The molecule has 3 nitrogen and oxygen atoms in total. The van der Waals surface area contributed by atoms with Crippen LogP contribution in [0.3, 0.4) is 0 Å². The van der Waals surface area contributed by atoms with Crippen LogP contribution in [0.5, 0.6) is 5.75 Å². The van der Waals surface area contributed by atoms with E-state index in [9.17, 15) is 9.90 Å². The number of phenolic OH excluding ortho intramolecular Hbond substituents is 1. The van der Waals surface area contributed by atoms with Gasteiger partial charge < -0.3 is 10.4 Å². The number of carbonyl (C=O) groups is 1. The highest BCUT2D eigenvalue weighted by atomic mass is 79.9. The molecule has 0 spiro atoms. The van der Waals surface area contributed by atoms with Gasteiger partial charge in [-0.15, -0.1) is 0 Å². The number of phenols is 1. The number of nitrogens with one attached hydrogen (secondary N) is 1. The smallest absolute Gasteiger partial charge is 0.256 e. The summed E-state index contributed by atoms with van der Waals surface area (Å²) in [6.45, 7) is 12.7. The lowest BCUT2D eigenvalue weighted by Gasteiger charge is -2.27. The molecule has 2 aromatic carbocycles. The minimum atomic E-state index is -0.222. The number of amides is 1. The number of rotatable bonds is 1. The van der Waals surface area contributed by atoms with E-state index in [1.807, 2.05) is 18.2 Å². The second-order valence-electron chi connectivity index (χ2n) is 9.28. The summed E-state index contributed by atoms with van der Waals surface area (Å²) in [6, 6.07) is 7.87. The zero-order chi connectivity index (χ0) is 21.0. The number of hydrogen-bond donors (Lipinski definition) is 2. The van der Waals surface area contributed by atoms with Gasteiger partial charge in [0, 0.05) is 31.2 Å². The Morgan fingerprint density at radius 2 is 1.61 bits per heavy atom. The highest BCUT2D eigenvalue weighted by molar-refractivity contribution is 9.11. The number of benzene rings is 2. The summed E-state index contributed by atoms with van der Waals surface area (Å²) in [4.78, 5) is 12.7. The van der Waals surface area contributed by atoms with Crippen LogP contribution in [0.4, 0.5) is 5.69 Å². The Kier molecular flexibility index (Phi) is 5.30. The van der Waals surface area contributed by atoms with Gasteiger partial charge in [0.1, 0.15) is 5.75 Å². The van der Waals surface area contributed by atoms with E-state index in [1.54, 1.807) is 6.08 Å². The van der Waals surface area contributed by atoms with Crippen molar-refractivity contribution in [3.63, 3.8) is 0 Å². The zero-order valence-corrected chi connectivity index (χ0v) is 20.2. The molecule has 0 atom stereocenters. The van der Waals surface area contributed by atoms with Crippen molar-refractivity contribution in [1.29, 1.82) is 0 Å². The molecule has 1 heterocycles. The molecule has 28 heavy (non-hydrogen) atoms. The van der Waals surface area contributed by atoms with Crippen molar-refractivity contribution >= 4 is 55.1 Å². The molecule has 3 rings (SSSR count). The fourth-order valence-corrected chi connectivity index (χ4v) is 4.61. The van der Waals surface area contributed by atoms with E-state index < -0.39 is 0 Å². The predicted octanol–water partition coefficient (Wildman–Crippen LogP) is 7.00. The first-order valence-corrected chi connectivity index (χ1v) is 10.8. The van der Waals surface area contributed by atoms with Gasteiger partial charge in [-0.25, -0.2) is 0 Å². The van der Waals surface area contributed by atoms with Crippen LogP contribution in [0.15, 0.2) is 33.2 Å². The Bertz CT molecular complexity index is 1010. The summed E-state index contributed by atoms with van der Waals surface area (Å²) < 4.78 is 1.69. The molecule has 0 fully saturated rings. The third-order valence-corrected chi connectivity index (χ3v) is 6.02. The van der Waals surface area contributed by atoms with Crippen LogP contribution in [0, 0.1) is 0 Å². The lowest BCUT2D eigenvalue weighted by molar-refractivity contribution is -0.110. The van der Waals surface area contributed by atoms with Gasteiger partial charge in [-0.1, -0.05) is 63.5 Å². The number of halogens is 2. The van der Waals surface area contributed by atoms with Crippen molar-refractivity contribution in [3.05, 3.63) is 55.5 Å². The highest BCUT2D eigenvalue weighted by Gasteiger charge is 2.29. The summed E-state index contributed by atoms with van der Waals surface area (Å²) in [5.41, 5.74) is 4.45. The summed E-state index contributed by atoms with van der Waals surface area (Å²) in [5.74, 6) is 0.0509. The van der Waals surface area contributed by atoms with Gasteiger partial charge in [-0.05, 0) is 56.6 Å². The van der Waals surface area contributed by atoms with Gasteiger partial charge in [0.05, 0.1) is 5.69 Å². The predicted molar refractivity (Wildman–Crippen MR) is 124 cm³/mol. The fraction of sp³-hybridized carbons (Fsp3) is 0.348. The number of hydrogen-bond acceptors (Lipinski definition) is 2. The number of fused-ring (bicyclic) bond motifs is 1. The second kappa shape index (κ2) is 7.03. The van der Waals surface area contributed by atoms with Gasteiger partial charge in [0.2, 0.25) is 0 Å². The monoisotopic (exact) mass is 505 g/mol. The van der Waals surface area contributed by atoms with Crippen LogP contribution in [-0.4, -0.2) is 11.0 Å². The maximum absolute atomic E-state index is 12.7. The van der Waals surface area contributed by atoms with Gasteiger partial charge in [0.25, 0.3) is 5.91 Å². The minimum Gasteiger partial charge on any atom is -0.507 e. The number of anilines is 1. The SMILES string of the molecule is CC(C)(C)c1cc(C=C2C(=O)Nc3c(Br)cc(Br)cc32)c(O)c(C(C)(C)C)c1. The van der Waals surface area contributed by atoms with Crippen molar-refractivity contribution in [2.45, 2.75) is 52.4 Å². The molecule has 0 unspecified atom stereocenters. The Morgan fingerprint density at radius 1 is 0.964 bits per heavy atom. The molecule has 0 aliphatic carbocycles. The molecule has 0 saturated carbocycles. The van der Waals surface area contributed by atoms with Crippen molar-refractivity contribution < 1.29 is 9.90 Å². The maximum Gasteiger partial charge on any atom is 0.256 e. The molecular weight excluding hydrogens is 482 g/mol. The molecule has 148 valence electrons. The van der Waals surface area contributed by atoms with Gasteiger partial charge in [-0.3, -0.25) is 4.79 Å². The van der Waals surface area contributed by atoms with Gasteiger partial charge in [-0.2, -0.15) is 0 Å². The lowest BCUT2D eigenvalue weighted by Crippen LogP contribution is -2.17. The van der Waals surface area contributed by atoms with Crippen molar-refractivity contribution in [1.82, 2.24) is 0 Å². The quantitative estimate of drug-likeness (QED) is 0.409. The van der Waals surface area contributed by atoms with Crippen molar-refractivity contribution in [3.8, 4) is 5.75 Å². The number of carbonyl (C=O) groups excluding carboxylic acids is 1. The van der Waals surface area contributed by atoms with Crippen LogP contribution >= 0.6 is 31.9 Å². The minimum absolute atomic E-state index is 0.0805. The van der Waals surface area contributed by atoms with Gasteiger partial charge >= 0.3 is 0 Å². The van der Waals surface area contributed by atoms with Crippen LogP contribution in [0.25, 0.3) is 11.6 Å². The molecular formula is C23H25Br2NO2. The Balaban J connectivity index is 2.27. The zero-order valence-electron chi connectivity index (χ0n) is 17.0. The van der Waals surface area contributed by atoms with Crippen LogP contribution < -0.4 is 5.32 Å². The fourth-order valence-electron chi connectivity index (χ4n) is 3.29. The molecule has 2 aromatic rings. The summed E-state index contributed by atoms with van der Waals surface area (Å²) in [6.07, 6.45) is 1.79. The molecule has 0 bridgehead atoms. The molecule has 0 saturated heterocycles. The Morgan fingerprint density at radius 3 is 2.18 bits per heavy atom. The van der Waals surface area contributed by atoms with Crippen LogP contribution in [0.1, 0.15) is 63.8 Å². The second-order valence-corrected chi connectivity index (χ2v) is 11.1. The molecule has 5 heteroatoms. The summed E-state index contributed by atoms with van der Waals surface area (Å²) >= 11 is 7.00. The highest BCUT2D eigenvalue weighted by Crippen LogP contribution is 2.43. The van der Waals surface area contributed by atoms with E-state index in [1.165, 1.54) is 0 Å². The van der Waals surface area contributed by atoms with E-state index in [2.05, 4.69) is 84.8 Å². The van der Waals surface area contributed by atoms with E-state index >= 15 is 0 Å².